The van der Waals surface area contributed by atoms with Crippen LogP contribution in [0, 0.1) is 0 Å². The standard InChI is InChI=1S/C10H17N5OS/c1-15-7-12-14-9(15)5-11-10-13-8(6-17-10)3-4-16-2/h7-8H,3-6H2,1-2H3,(H,11,13). The summed E-state index contributed by atoms with van der Waals surface area (Å²) < 4.78 is 6.94. The van der Waals surface area contributed by atoms with E-state index in [4.69, 9.17) is 4.74 Å². The third-order valence-electron chi connectivity index (χ3n) is 2.59. The van der Waals surface area contributed by atoms with Crippen molar-refractivity contribution >= 4 is 16.9 Å². The van der Waals surface area contributed by atoms with Crippen LogP contribution in [0.15, 0.2) is 11.3 Å². The van der Waals surface area contributed by atoms with Crippen LogP contribution in [0.4, 0.5) is 0 Å². The van der Waals surface area contributed by atoms with Crippen LogP contribution in [-0.4, -0.2) is 45.4 Å². The Labute approximate surface area is 105 Å². The smallest absolute Gasteiger partial charge is 0.157 e. The van der Waals surface area contributed by atoms with Crippen LogP contribution >= 0.6 is 11.8 Å². The molecule has 0 bridgehead atoms. The second-order valence-electron chi connectivity index (χ2n) is 3.91. The summed E-state index contributed by atoms with van der Waals surface area (Å²) in [7, 11) is 3.65. The Morgan fingerprint density at radius 2 is 2.59 bits per heavy atom. The van der Waals surface area contributed by atoms with Gasteiger partial charge in [-0.15, -0.1) is 10.2 Å². The Morgan fingerprint density at radius 3 is 3.29 bits per heavy atom. The summed E-state index contributed by atoms with van der Waals surface area (Å²) in [6.45, 7) is 1.36. The van der Waals surface area contributed by atoms with Gasteiger partial charge >= 0.3 is 0 Å². The minimum Gasteiger partial charge on any atom is -0.385 e. The van der Waals surface area contributed by atoms with E-state index in [2.05, 4.69) is 20.5 Å². The maximum Gasteiger partial charge on any atom is 0.157 e. The lowest BCUT2D eigenvalue weighted by Gasteiger charge is -2.08. The van der Waals surface area contributed by atoms with Gasteiger partial charge in [-0.1, -0.05) is 11.8 Å². The van der Waals surface area contributed by atoms with Crippen LogP contribution < -0.4 is 5.32 Å². The Morgan fingerprint density at radius 1 is 1.71 bits per heavy atom. The van der Waals surface area contributed by atoms with Crippen molar-refractivity contribution in [1.82, 2.24) is 20.1 Å². The molecule has 7 heteroatoms. The Bertz CT molecular complexity index is 392. The number of nitrogens with zero attached hydrogens (tertiary/aromatic N) is 4. The van der Waals surface area contributed by atoms with Gasteiger partial charge in [0.25, 0.3) is 0 Å². The van der Waals surface area contributed by atoms with Gasteiger partial charge in [0.05, 0.1) is 0 Å². The first-order chi connectivity index (χ1) is 8.29. The second-order valence-corrected chi connectivity index (χ2v) is 4.92. The molecule has 0 aliphatic carbocycles. The maximum absolute atomic E-state index is 5.06. The fraction of sp³-hybridized carbons (Fsp3) is 0.700. The van der Waals surface area contributed by atoms with Crippen LogP contribution in [0.2, 0.25) is 0 Å². The molecule has 1 aromatic rings. The monoisotopic (exact) mass is 255 g/mol. The quantitative estimate of drug-likeness (QED) is 0.825. The first-order valence-electron chi connectivity index (χ1n) is 5.55. The van der Waals surface area contributed by atoms with Crippen LogP contribution in [0.3, 0.4) is 0 Å². The van der Waals surface area contributed by atoms with Crippen LogP contribution in [0.25, 0.3) is 0 Å². The number of nitrogens with one attached hydrogen (secondary N) is 1. The van der Waals surface area contributed by atoms with E-state index in [1.54, 1.807) is 25.2 Å². The molecule has 94 valence electrons. The number of amidine groups is 1. The summed E-state index contributed by atoms with van der Waals surface area (Å²) in [5.74, 6) is 1.93. The number of aromatic nitrogens is 3. The number of hydrogen-bond acceptors (Lipinski definition) is 5. The molecule has 0 saturated carbocycles. The number of rotatable bonds is 5. The lowest BCUT2D eigenvalue weighted by Crippen LogP contribution is -2.28. The number of aryl methyl sites for hydroxylation is 1. The highest BCUT2D eigenvalue weighted by Gasteiger charge is 2.19. The first kappa shape index (κ1) is 12.4. The molecule has 1 aromatic heterocycles. The van der Waals surface area contributed by atoms with Gasteiger partial charge < -0.3 is 14.6 Å². The minimum absolute atomic E-state index is 0.471. The number of methoxy groups -OCH3 is 1. The van der Waals surface area contributed by atoms with Crippen LogP contribution in [0.1, 0.15) is 12.2 Å². The van der Waals surface area contributed by atoms with E-state index < -0.39 is 0 Å². The number of ether oxygens (including phenoxy) is 1. The predicted molar refractivity (Wildman–Crippen MR) is 68.0 cm³/mol. The lowest BCUT2D eigenvalue weighted by molar-refractivity contribution is 0.188. The molecule has 1 atom stereocenters. The van der Waals surface area contributed by atoms with Gasteiger partial charge in [0.15, 0.2) is 11.0 Å². The minimum atomic E-state index is 0.471. The molecular weight excluding hydrogens is 238 g/mol. The maximum atomic E-state index is 5.06. The molecule has 1 saturated heterocycles. The van der Waals surface area contributed by atoms with Crippen molar-refractivity contribution in [1.29, 1.82) is 0 Å². The van der Waals surface area contributed by atoms with Gasteiger partial charge in [0, 0.05) is 32.6 Å². The molecule has 0 aromatic carbocycles. The molecule has 17 heavy (non-hydrogen) atoms. The van der Waals surface area contributed by atoms with Crippen molar-refractivity contribution in [2.24, 2.45) is 12.0 Å². The lowest BCUT2D eigenvalue weighted by atomic mass is 10.2. The summed E-state index contributed by atoms with van der Waals surface area (Å²) in [5, 5.41) is 12.2. The van der Waals surface area contributed by atoms with Gasteiger partial charge in [-0.25, -0.2) is 0 Å². The number of hydrogen-bond donors (Lipinski definition) is 1. The average Bonchev–Trinajstić information content (AvgIpc) is 2.93. The normalized spacial score (nSPS) is 22.0. The molecule has 1 aliphatic rings. The van der Waals surface area contributed by atoms with E-state index in [1.807, 2.05) is 11.6 Å². The predicted octanol–water partition coefficient (Wildman–Crippen LogP) is 0.413. The zero-order chi connectivity index (χ0) is 12.1. The molecule has 0 radical (unpaired) electrons. The van der Waals surface area contributed by atoms with E-state index in [9.17, 15) is 0 Å². The second kappa shape index (κ2) is 6.02. The number of aliphatic imine (C=N–C) groups is 1. The summed E-state index contributed by atoms with van der Waals surface area (Å²) in [6.07, 6.45) is 2.71. The summed E-state index contributed by atoms with van der Waals surface area (Å²) in [4.78, 5) is 4.49. The van der Waals surface area contributed by atoms with Crippen LogP contribution in [-0.2, 0) is 18.3 Å². The summed E-state index contributed by atoms with van der Waals surface area (Å²) in [6, 6.07) is 0.471. The van der Waals surface area contributed by atoms with Crippen molar-refractivity contribution in [2.75, 3.05) is 19.5 Å². The zero-order valence-electron chi connectivity index (χ0n) is 10.1. The van der Waals surface area contributed by atoms with Crippen molar-refractivity contribution in [3.05, 3.63) is 12.2 Å². The molecule has 0 amide bonds. The molecule has 6 nitrogen and oxygen atoms in total. The largest absolute Gasteiger partial charge is 0.385 e. The van der Waals surface area contributed by atoms with E-state index in [-0.39, 0.29) is 0 Å². The average molecular weight is 255 g/mol. The molecule has 0 spiro atoms. The van der Waals surface area contributed by atoms with Gasteiger partial charge in [0.1, 0.15) is 12.9 Å². The van der Waals surface area contributed by atoms with Crippen molar-refractivity contribution < 1.29 is 4.74 Å². The molecule has 2 heterocycles. The van der Waals surface area contributed by atoms with Crippen LogP contribution in [0.5, 0.6) is 0 Å². The van der Waals surface area contributed by atoms with Gasteiger partial charge in [-0.2, -0.15) is 0 Å². The van der Waals surface area contributed by atoms with E-state index in [0.717, 1.165) is 29.8 Å². The third-order valence-corrected chi connectivity index (χ3v) is 3.68. The highest BCUT2D eigenvalue weighted by atomic mass is 32.2. The Balaban J connectivity index is 1.82. The highest BCUT2D eigenvalue weighted by Crippen LogP contribution is 2.16. The molecule has 1 N–H and O–H groups in total. The van der Waals surface area contributed by atoms with Crippen molar-refractivity contribution in [2.45, 2.75) is 19.0 Å². The van der Waals surface area contributed by atoms with Gasteiger partial charge in [-0.05, 0) is 6.42 Å². The SMILES string of the molecule is COCCC1CSC(=NCc2nncn2C)N1. The molecule has 1 aliphatic heterocycles. The third kappa shape index (κ3) is 3.44. The van der Waals surface area contributed by atoms with Crippen molar-refractivity contribution in [3.63, 3.8) is 0 Å². The van der Waals surface area contributed by atoms with Crippen molar-refractivity contribution in [3.8, 4) is 0 Å². The Kier molecular flexibility index (Phi) is 4.38. The topological polar surface area (TPSA) is 64.3 Å². The molecule has 2 rings (SSSR count). The molecule has 1 fully saturated rings. The fourth-order valence-electron chi connectivity index (χ4n) is 1.54. The molecule has 1 unspecified atom stereocenters. The highest BCUT2D eigenvalue weighted by molar-refractivity contribution is 8.14. The van der Waals surface area contributed by atoms with Gasteiger partial charge in [-0.3, -0.25) is 4.99 Å². The Hall–Kier alpha value is -1.08. The fourth-order valence-corrected chi connectivity index (χ4v) is 2.55. The zero-order valence-corrected chi connectivity index (χ0v) is 10.9. The first-order valence-corrected chi connectivity index (χ1v) is 6.53. The molecular formula is C10H17N5OS. The van der Waals surface area contributed by atoms with E-state index in [1.165, 1.54) is 0 Å². The number of thioether (sulfide) groups is 1. The van der Waals surface area contributed by atoms with E-state index in [0.29, 0.717) is 12.6 Å². The summed E-state index contributed by atoms with van der Waals surface area (Å²) >= 11 is 1.75. The van der Waals surface area contributed by atoms with Gasteiger partial charge in [0.2, 0.25) is 0 Å². The summed E-state index contributed by atoms with van der Waals surface area (Å²) in [5.41, 5.74) is 0. The van der Waals surface area contributed by atoms with E-state index >= 15 is 0 Å².